The lowest BCUT2D eigenvalue weighted by Gasteiger charge is -2.18. The minimum atomic E-state index is 0.330. The number of fused-ring (bicyclic) bond motifs is 16. The van der Waals surface area contributed by atoms with E-state index >= 15 is 0 Å². The number of hydrogen-bond acceptors (Lipinski definition) is 1. The zero-order valence-electron chi connectivity index (χ0n) is 27.8. The van der Waals surface area contributed by atoms with Crippen LogP contribution in [0.5, 0.6) is 0 Å². The molecule has 11 aromatic rings. The SMILES string of the molecule is [C-]#[N+]c1c(-n2c3ccccc3c3c4ccccc4c4ccccc4c32)ccc(-n2c3ccccc3c3c4ccccc4c4ccccc4c32)c1C#N. The summed E-state index contributed by atoms with van der Waals surface area (Å²) in [5.74, 6) is 0. The molecule has 4 heteroatoms. The van der Waals surface area contributed by atoms with Crippen molar-refractivity contribution >= 4 is 92.4 Å². The Hall–Kier alpha value is -7.40. The number of nitrogens with zero attached hydrogens (tertiary/aromatic N) is 4. The van der Waals surface area contributed by atoms with Crippen LogP contribution in [0.2, 0.25) is 0 Å². The quantitative estimate of drug-likeness (QED) is 0.135. The van der Waals surface area contributed by atoms with Crippen LogP contribution >= 0.6 is 0 Å². The summed E-state index contributed by atoms with van der Waals surface area (Å²) < 4.78 is 4.43. The molecule has 2 heterocycles. The average Bonchev–Trinajstić information content (AvgIpc) is 3.75. The monoisotopic (exact) mass is 658 g/mol. The Labute approximate surface area is 298 Å². The first kappa shape index (κ1) is 28.4. The van der Waals surface area contributed by atoms with Crippen molar-refractivity contribution in [3.8, 4) is 17.4 Å². The van der Waals surface area contributed by atoms with Crippen molar-refractivity contribution in [1.82, 2.24) is 9.13 Å². The molecule has 0 aliphatic heterocycles. The standard InChI is InChI=1S/C48H26N4/c1-50-46-39(28-49)42(51-40-24-12-10-22-37(40)44-33-18-6-2-14-29(33)31-16-4-8-20-35(31)47(44)51)26-27-43(46)52-41-25-13-11-23-38(41)45-34-19-7-3-15-30(34)32-17-5-9-21-36(32)48(45)52/h2-27H. The van der Waals surface area contributed by atoms with Crippen molar-refractivity contribution in [2.24, 2.45) is 0 Å². The lowest BCUT2D eigenvalue weighted by atomic mass is 9.96. The van der Waals surface area contributed by atoms with Crippen LogP contribution in [0.25, 0.3) is 103 Å². The zero-order chi connectivity index (χ0) is 34.5. The fourth-order valence-corrected chi connectivity index (χ4v) is 8.92. The van der Waals surface area contributed by atoms with Crippen LogP contribution in [0.15, 0.2) is 158 Å². The van der Waals surface area contributed by atoms with Crippen molar-refractivity contribution in [2.45, 2.75) is 0 Å². The molecule has 0 fully saturated rings. The summed E-state index contributed by atoms with van der Waals surface area (Å²) in [6, 6.07) is 57.6. The van der Waals surface area contributed by atoms with Gasteiger partial charge in [-0.05, 0) is 56.6 Å². The highest BCUT2D eigenvalue weighted by Crippen LogP contribution is 2.47. The van der Waals surface area contributed by atoms with Crippen molar-refractivity contribution in [3.05, 3.63) is 175 Å². The highest BCUT2D eigenvalue weighted by molar-refractivity contribution is 6.33. The van der Waals surface area contributed by atoms with Crippen LogP contribution in [0.3, 0.4) is 0 Å². The maximum absolute atomic E-state index is 11.1. The number of nitriles is 1. The van der Waals surface area contributed by atoms with E-state index in [2.05, 4.69) is 154 Å². The van der Waals surface area contributed by atoms with Gasteiger partial charge in [0.05, 0.1) is 51.6 Å². The second-order valence-electron chi connectivity index (χ2n) is 13.4. The van der Waals surface area contributed by atoms with Crippen LogP contribution in [0, 0.1) is 17.9 Å². The second kappa shape index (κ2) is 10.6. The van der Waals surface area contributed by atoms with E-state index in [0.29, 0.717) is 22.6 Å². The van der Waals surface area contributed by atoms with E-state index in [4.69, 9.17) is 6.57 Å². The summed E-state index contributed by atoms with van der Waals surface area (Å²) in [6.07, 6.45) is 0. The Balaban J connectivity index is 1.32. The maximum atomic E-state index is 11.1. The van der Waals surface area contributed by atoms with Crippen molar-refractivity contribution < 1.29 is 0 Å². The number of rotatable bonds is 2. The van der Waals surface area contributed by atoms with E-state index in [0.717, 1.165) is 75.9 Å². The molecular weight excluding hydrogens is 633 g/mol. The van der Waals surface area contributed by atoms with E-state index < -0.39 is 0 Å². The number of aromatic nitrogens is 2. The average molecular weight is 659 g/mol. The topological polar surface area (TPSA) is 38.0 Å². The smallest absolute Gasteiger partial charge is 0.230 e. The van der Waals surface area contributed by atoms with Crippen LogP contribution in [-0.2, 0) is 0 Å². The Morgan fingerprint density at radius 2 is 0.750 bits per heavy atom. The summed E-state index contributed by atoms with van der Waals surface area (Å²) in [6.45, 7) is 8.68. The zero-order valence-corrected chi connectivity index (χ0v) is 27.8. The van der Waals surface area contributed by atoms with E-state index in [1.54, 1.807) is 0 Å². The molecule has 0 saturated heterocycles. The van der Waals surface area contributed by atoms with Gasteiger partial charge in [0, 0.05) is 32.3 Å². The molecule has 0 unspecified atom stereocenters. The van der Waals surface area contributed by atoms with E-state index in [1.165, 1.54) is 10.8 Å². The minimum absolute atomic E-state index is 0.330. The van der Waals surface area contributed by atoms with Gasteiger partial charge in [-0.1, -0.05) is 133 Å². The van der Waals surface area contributed by atoms with Gasteiger partial charge in [-0.3, -0.25) is 0 Å². The number of para-hydroxylation sites is 2. The minimum Gasteiger partial charge on any atom is -0.318 e. The van der Waals surface area contributed by atoms with Gasteiger partial charge < -0.3 is 9.13 Å². The normalized spacial score (nSPS) is 11.8. The maximum Gasteiger partial charge on any atom is 0.230 e. The lowest BCUT2D eigenvalue weighted by molar-refractivity contribution is 1.15. The third kappa shape index (κ3) is 3.58. The molecule has 0 radical (unpaired) electrons. The van der Waals surface area contributed by atoms with Crippen molar-refractivity contribution in [1.29, 1.82) is 5.26 Å². The fourth-order valence-electron chi connectivity index (χ4n) is 8.92. The summed E-state index contributed by atoms with van der Waals surface area (Å²) in [7, 11) is 0. The Morgan fingerprint density at radius 3 is 1.19 bits per heavy atom. The molecule has 4 nitrogen and oxygen atoms in total. The number of benzene rings is 9. The summed E-state index contributed by atoms with van der Waals surface area (Å²) in [4.78, 5) is 4.19. The Kier molecular flexibility index (Phi) is 5.77. The molecule has 0 N–H and O–H groups in total. The molecule has 11 rings (SSSR count). The molecular formula is C48H26N4. The van der Waals surface area contributed by atoms with Crippen molar-refractivity contribution in [2.75, 3.05) is 0 Å². The predicted octanol–water partition coefficient (Wildman–Crippen LogP) is 12.9. The van der Waals surface area contributed by atoms with Gasteiger partial charge in [-0.15, -0.1) is 0 Å². The van der Waals surface area contributed by atoms with Gasteiger partial charge in [-0.2, -0.15) is 5.26 Å². The van der Waals surface area contributed by atoms with E-state index in [1.807, 2.05) is 24.3 Å². The molecule has 238 valence electrons. The molecule has 0 aliphatic carbocycles. The van der Waals surface area contributed by atoms with Crippen LogP contribution in [-0.4, -0.2) is 9.13 Å². The molecule has 9 aromatic carbocycles. The fraction of sp³-hybridized carbons (Fsp3) is 0. The van der Waals surface area contributed by atoms with Crippen LogP contribution < -0.4 is 0 Å². The molecule has 0 spiro atoms. The third-order valence-corrected chi connectivity index (χ3v) is 10.9. The predicted molar refractivity (Wildman–Crippen MR) is 216 cm³/mol. The Morgan fingerprint density at radius 1 is 0.404 bits per heavy atom. The highest BCUT2D eigenvalue weighted by Gasteiger charge is 2.25. The third-order valence-electron chi connectivity index (χ3n) is 10.9. The summed E-state index contributed by atoms with van der Waals surface area (Å²) >= 11 is 0. The Bertz CT molecular complexity index is 3210. The van der Waals surface area contributed by atoms with Gasteiger partial charge in [0.15, 0.2) is 0 Å². The van der Waals surface area contributed by atoms with E-state index in [9.17, 15) is 5.26 Å². The van der Waals surface area contributed by atoms with Gasteiger partial charge in [0.2, 0.25) is 5.69 Å². The molecule has 0 amide bonds. The van der Waals surface area contributed by atoms with Crippen LogP contribution in [0.1, 0.15) is 5.56 Å². The lowest BCUT2D eigenvalue weighted by Crippen LogP contribution is -2.02. The first-order valence-corrected chi connectivity index (χ1v) is 17.4. The first-order chi connectivity index (χ1) is 25.8. The van der Waals surface area contributed by atoms with E-state index in [-0.39, 0.29) is 0 Å². The summed E-state index contributed by atoms with van der Waals surface area (Å²) in [5, 5.41) is 24.8. The van der Waals surface area contributed by atoms with Crippen LogP contribution in [0.4, 0.5) is 5.69 Å². The summed E-state index contributed by atoms with van der Waals surface area (Å²) in [5.41, 5.74) is 6.12. The first-order valence-electron chi connectivity index (χ1n) is 17.4. The van der Waals surface area contributed by atoms with Gasteiger partial charge in [-0.25, -0.2) is 4.85 Å². The molecule has 0 bridgehead atoms. The molecule has 0 aliphatic rings. The van der Waals surface area contributed by atoms with Gasteiger partial charge >= 0.3 is 0 Å². The van der Waals surface area contributed by atoms with Gasteiger partial charge in [0.25, 0.3) is 0 Å². The molecule has 0 atom stereocenters. The molecule has 52 heavy (non-hydrogen) atoms. The number of hydrogen-bond donors (Lipinski definition) is 0. The van der Waals surface area contributed by atoms with Crippen molar-refractivity contribution in [3.63, 3.8) is 0 Å². The second-order valence-corrected chi connectivity index (χ2v) is 13.4. The largest absolute Gasteiger partial charge is 0.318 e. The molecule has 2 aromatic heterocycles. The molecule has 0 saturated carbocycles. The van der Waals surface area contributed by atoms with Gasteiger partial charge in [0.1, 0.15) is 0 Å². The highest BCUT2D eigenvalue weighted by atomic mass is 15.0.